The molecule has 0 bridgehead atoms. The van der Waals surface area contributed by atoms with Crippen molar-refractivity contribution in [3.05, 3.63) is 29.6 Å². The highest BCUT2D eigenvalue weighted by atomic mass is 15.1. The van der Waals surface area contributed by atoms with Gasteiger partial charge in [0, 0.05) is 6.54 Å². The van der Waals surface area contributed by atoms with Crippen molar-refractivity contribution in [1.82, 2.24) is 9.55 Å². The molecule has 1 aromatic heterocycles. The van der Waals surface area contributed by atoms with Crippen LogP contribution in [-0.2, 0) is 6.54 Å². The van der Waals surface area contributed by atoms with Crippen LogP contribution in [0.2, 0.25) is 0 Å². The fourth-order valence-corrected chi connectivity index (χ4v) is 2.44. The molecule has 2 aromatic rings. The summed E-state index contributed by atoms with van der Waals surface area (Å²) in [5.41, 5.74) is 9.79. The normalized spacial score (nSPS) is 13.1. The van der Waals surface area contributed by atoms with Crippen LogP contribution in [0.1, 0.15) is 50.5 Å². The molecule has 1 atom stereocenters. The van der Waals surface area contributed by atoms with Crippen LogP contribution < -0.4 is 5.73 Å². The van der Waals surface area contributed by atoms with Crippen LogP contribution in [0.4, 0.5) is 0 Å². The van der Waals surface area contributed by atoms with Gasteiger partial charge in [0.1, 0.15) is 5.82 Å². The molecule has 0 fully saturated rings. The lowest BCUT2D eigenvalue weighted by Gasteiger charge is -2.13. The SMILES string of the molecule is CCCC(N)c1nc2cc(C)ccc2n1CCC. The van der Waals surface area contributed by atoms with Crippen molar-refractivity contribution < 1.29 is 0 Å². The third-order valence-electron chi connectivity index (χ3n) is 3.31. The zero-order valence-corrected chi connectivity index (χ0v) is 11.6. The van der Waals surface area contributed by atoms with Crippen molar-refractivity contribution in [3.63, 3.8) is 0 Å². The second kappa shape index (κ2) is 5.53. The molecule has 2 N–H and O–H groups in total. The maximum absolute atomic E-state index is 6.26. The number of rotatable bonds is 5. The Balaban J connectivity index is 2.53. The summed E-state index contributed by atoms with van der Waals surface area (Å²) in [6.07, 6.45) is 3.19. The minimum Gasteiger partial charge on any atom is -0.327 e. The molecule has 98 valence electrons. The molecule has 0 radical (unpaired) electrons. The Hall–Kier alpha value is -1.35. The molecule has 3 nitrogen and oxygen atoms in total. The largest absolute Gasteiger partial charge is 0.327 e. The summed E-state index contributed by atoms with van der Waals surface area (Å²) < 4.78 is 2.29. The van der Waals surface area contributed by atoms with Crippen LogP contribution in [0.5, 0.6) is 0 Å². The minimum absolute atomic E-state index is 0.0502. The molecule has 0 aliphatic carbocycles. The number of aryl methyl sites for hydroxylation is 2. The van der Waals surface area contributed by atoms with Crippen molar-refractivity contribution in [2.45, 2.75) is 52.6 Å². The number of hydrogen-bond acceptors (Lipinski definition) is 2. The van der Waals surface area contributed by atoms with Crippen molar-refractivity contribution in [3.8, 4) is 0 Å². The van der Waals surface area contributed by atoms with Crippen LogP contribution in [0.3, 0.4) is 0 Å². The average Bonchev–Trinajstić information content (AvgIpc) is 2.68. The number of benzene rings is 1. The van der Waals surface area contributed by atoms with Crippen LogP contribution in [0.15, 0.2) is 18.2 Å². The van der Waals surface area contributed by atoms with E-state index in [-0.39, 0.29) is 6.04 Å². The van der Waals surface area contributed by atoms with E-state index < -0.39 is 0 Å². The van der Waals surface area contributed by atoms with Gasteiger partial charge in [-0.3, -0.25) is 0 Å². The highest BCUT2D eigenvalue weighted by Crippen LogP contribution is 2.23. The maximum atomic E-state index is 6.26. The summed E-state index contributed by atoms with van der Waals surface area (Å²) in [7, 11) is 0. The van der Waals surface area contributed by atoms with Crippen molar-refractivity contribution >= 4 is 11.0 Å². The molecule has 1 unspecified atom stereocenters. The molecule has 18 heavy (non-hydrogen) atoms. The van der Waals surface area contributed by atoms with Gasteiger partial charge in [0.05, 0.1) is 17.1 Å². The first-order valence-electron chi connectivity index (χ1n) is 6.89. The Kier molecular flexibility index (Phi) is 4.02. The second-order valence-electron chi connectivity index (χ2n) is 5.01. The molecule has 1 heterocycles. The Bertz CT molecular complexity index is 528. The van der Waals surface area contributed by atoms with E-state index in [1.165, 1.54) is 11.1 Å². The van der Waals surface area contributed by atoms with Gasteiger partial charge < -0.3 is 10.3 Å². The summed E-state index contributed by atoms with van der Waals surface area (Å²) in [6.45, 7) is 7.45. The van der Waals surface area contributed by atoms with Crippen LogP contribution in [-0.4, -0.2) is 9.55 Å². The standard InChI is InChI=1S/C15H23N3/c1-4-6-12(16)15-17-13-10-11(3)7-8-14(13)18(15)9-5-2/h7-8,10,12H,4-6,9,16H2,1-3H3. The van der Waals surface area contributed by atoms with Gasteiger partial charge in [0.2, 0.25) is 0 Å². The third kappa shape index (κ3) is 2.41. The monoisotopic (exact) mass is 245 g/mol. The molecule has 0 spiro atoms. The molecular weight excluding hydrogens is 222 g/mol. The quantitative estimate of drug-likeness (QED) is 0.875. The van der Waals surface area contributed by atoms with E-state index in [1.54, 1.807) is 0 Å². The number of imidazole rings is 1. The molecule has 0 aliphatic heterocycles. The molecular formula is C15H23N3. The highest BCUT2D eigenvalue weighted by molar-refractivity contribution is 5.77. The van der Waals surface area contributed by atoms with Gasteiger partial charge in [0.25, 0.3) is 0 Å². The summed E-state index contributed by atoms with van der Waals surface area (Å²) in [5, 5.41) is 0. The zero-order chi connectivity index (χ0) is 13.1. The lowest BCUT2D eigenvalue weighted by atomic mass is 10.1. The van der Waals surface area contributed by atoms with E-state index in [4.69, 9.17) is 10.7 Å². The van der Waals surface area contributed by atoms with Crippen molar-refractivity contribution in [2.75, 3.05) is 0 Å². The third-order valence-corrected chi connectivity index (χ3v) is 3.31. The van der Waals surface area contributed by atoms with Gasteiger partial charge in [-0.15, -0.1) is 0 Å². The number of nitrogens with two attached hydrogens (primary N) is 1. The summed E-state index contributed by atoms with van der Waals surface area (Å²) in [5.74, 6) is 1.04. The van der Waals surface area contributed by atoms with E-state index in [2.05, 4.69) is 43.5 Å². The molecule has 0 aliphatic rings. The molecule has 1 aromatic carbocycles. The van der Waals surface area contributed by atoms with Gasteiger partial charge in [-0.1, -0.05) is 26.3 Å². The van der Waals surface area contributed by atoms with Gasteiger partial charge in [-0.25, -0.2) is 4.98 Å². The lowest BCUT2D eigenvalue weighted by molar-refractivity contribution is 0.552. The van der Waals surface area contributed by atoms with Crippen molar-refractivity contribution in [1.29, 1.82) is 0 Å². The summed E-state index contributed by atoms with van der Waals surface area (Å²) in [4.78, 5) is 4.75. The summed E-state index contributed by atoms with van der Waals surface area (Å²) in [6, 6.07) is 6.50. The lowest BCUT2D eigenvalue weighted by Crippen LogP contribution is -2.16. The number of aromatic nitrogens is 2. The van der Waals surface area contributed by atoms with Gasteiger partial charge >= 0.3 is 0 Å². The van der Waals surface area contributed by atoms with E-state index in [0.717, 1.165) is 37.1 Å². The minimum atomic E-state index is 0.0502. The predicted molar refractivity (Wildman–Crippen MR) is 76.6 cm³/mol. The average molecular weight is 245 g/mol. The Morgan fingerprint density at radius 2 is 2.06 bits per heavy atom. The topological polar surface area (TPSA) is 43.8 Å². The Labute approximate surface area is 109 Å². The highest BCUT2D eigenvalue weighted by Gasteiger charge is 2.15. The summed E-state index contributed by atoms with van der Waals surface area (Å²) >= 11 is 0. The van der Waals surface area contributed by atoms with Crippen LogP contribution >= 0.6 is 0 Å². The van der Waals surface area contributed by atoms with E-state index in [0.29, 0.717) is 0 Å². The molecule has 0 amide bonds. The predicted octanol–water partition coefficient (Wildman–Crippen LogP) is 3.55. The second-order valence-corrected chi connectivity index (χ2v) is 5.01. The fourth-order valence-electron chi connectivity index (χ4n) is 2.44. The Morgan fingerprint density at radius 1 is 1.28 bits per heavy atom. The van der Waals surface area contributed by atoms with E-state index in [9.17, 15) is 0 Å². The number of nitrogens with zero attached hydrogens (tertiary/aromatic N) is 2. The van der Waals surface area contributed by atoms with Gasteiger partial charge in [0.15, 0.2) is 0 Å². The smallest absolute Gasteiger partial charge is 0.126 e. The first-order chi connectivity index (χ1) is 8.67. The van der Waals surface area contributed by atoms with Crippen LogP contribution in [0.25, 0.3) is 11.0 Å². The Morgan fingerprint density at radius 3 is 2.72 bits per heavy atom. The van der Waals surface area contributed by atoms with Crippen LogP contribution in [0, 0.1) is 6.92 Å². The van der Waals surface area contributed by atoms with E-state index in [1.807, 2.05) is 0 Å². The number of hydrogen-bond donors (Lipinski definition) is 1. The molecule has 3 heteroatoms. The molecule has 0 saturated carbocycles. The first kappa shape index (κ1) is 13.1. The van der Waals surface area contributed by atoms with Crippen molar-refractivity contribution in [2.24, 2.45) is 5.73 Å². The maximum Gasteiger partial charge on any atom is 0.126 e. The number of fused-ring (bicyclic) bond motifs is 1. The molecule has 2 rings (SSSR count). The zero-order valence-electron chi connectivity index (χ0n) is 11.6. The van der Waals surface area contributed by atoms with E-state index >= 15 is 0 Å². The first-order valence-corrected chi connectivity index (χ1v) is 6.89. The fraction of sp³-hybridized carbons (Fsp3) is 0.533. The van der Waals surface area contributed by atoms with Gasteiger partial charge in [-0.05, 0) is 37.5 Å². The van der Waals surface area contributed by atoms with Gasteiger partial charge in [-0.2, -0.15) is 0 Å². The molecule has 0 saturated heterocycles.